The molecule has 1 amide bonds. The van der Waals surface area contributed by atoms with Crippen molar-refractivity contribution in [2.24, 2.45) is 5.10 Å². The van der Waals surface area contributed by atoms with Gasteiger partial charge >= 0.3 is 0 Å². The molecule has 3 N–H and O–H groups in total. The maximum absolute atomic E-state index is 13.0. The minimum Gasteiger partial charge on any atom is -0.378 e. The molecule has 0 aliphatic carbocycles. The minimum atomic E-state index is -0.481. The van der Waals surface area contributed by atoms with Crippen LogP contribution in [0.5, 0.6) is 0 Å². The van der Waals surface area contributed by atoms with Gasteiger partial charge in [-0.3, -0.25) is 9.69 Å². The van der Waals surface area contributed by atoms with Gasteiger partial charge in [-0.2, -0.15) is 9.78 Å². The van der Waals surface area contributed by atoms with Crippen molar-refractivity contribution in [3.63, 3.8) is 0 Å². The van der Waals surface area contributed by atoms with E-state index in [9.17, 15) is 4.79 Å². The molecule has 12 nitrogen and oxygen atoms in total. The molecule has 0 spiro atoms. The summed E-state index contributed by atoms with van der Waals surface area (Å²) in [4.78, 5) is 17.5. The Morgan fingerprint density at radius 3 is 2.37 bits per heavy atom. The first-order valence-electron chi connectivity index (χ1n) is 12.0. The number of anilines is 2. The molecule has 3 aromatic rings. The molecular weight excluding hydrogens is 448 g/mol. The number of hydrogen-bond donors (Lipinski definition) is 2. The fraction of sp³-hybridized carbons (Fsp3) is 0.478. The van der Waals surface area contributed by atoms with Gasteiger partial charge in [-0.25, -0.2) is 10.1 Å². The summed E-state index contributed by atoms with van der Waals surface area (Å²) in [5.41, 5.74) is 11.1. The molecule has 0 radical (unpaired) electrons. The van der Waals surface area contributed by atoms with Crippen LogP contribution in [0.2, 0.25) is 0 Å². The van der Waals surface area contributed by atoms with Crippen molar-refractivity contribution in [1.82, 2.24) is 35.6 Å². The lowest BCUT2D eigenvalue weighted by Gasteiger charge is -2.21. The van der Waals surface area contributed by atoms with E-state index in [1.807, 2.05) is 24.3 Å². The maximum Gasteiger partial charge on any atom is 0.293 e. The number of nitrogens with zero attached hydrogens (tertiary/aromatic N) is 8. The van der Waals surface area contributed by atoms with E-state index in [-0.39, 0.29) is 17.3 Å². The van der Waals surface area contributed by atoms with E-state index in [0.29, 0.717) is 12.2 Å². The average Bonchev–Trinajstić information content (AvgIpc) is 3.46. The van der Waals surface area contributed by atoms with Crippen LogP contribution in [0, 0.1) is 0 Å². The lowest BCUT2D eigenvalue weighted by Crippen LogP contribution is -2.28. The summed E-state index contributed by atoms with van der Waals surface area (Å²) in [6, 6.07) is 7.98. The highest BCUT2D eigenvalue weighted by atomic mass is 16.6. The number of nitrogens with two attached hydrogens (primary N) is 1. The molecule has 0 fully saturated rings. The van der Waals surface area contributed by atoms with Gasteiger partial charge in [0, 0.05) is 25.3 Å². The van der Waals surface area contributed by atoms with Crippen LogP contribution in [0.15, 0.2) is 34.0 Å². The normalized spacial score (nSPS) is 11.5. The standard InChI is InChI=1S/C23H34N10O2/c1-5-13-31(14-6-2)16-19-20(26-30-33(19)22-21(24)28-35-29-22)23(34)27-25-15-17-9-11-18(12-10-17)32(7-3)8-4/h9-12,15H,5-8,13-14,16H2,1-4H3,(H2,24,28)(H,27,34)/b25-15-. The summed E-state index contributed by atoms with van der Waals surface area (Å²) in [6.45, 7) is 12.5. The summed E-state index contributed by atoms with van der Waals surface area (Å²) in [5, 5.41) is 19.7. The van der Waals surface area contributed by atoms with Crippen molar-refractivity contribution in [3.8, 4) is 5.82 Å². The number of carbonyl (C=O) groups is 1. The number of benzene rings is 1. The van der Waals surface area contributed by atoms with Gasteiger partial charge in [0.2, 0.25) is 11.6 Å². The van der Waals surface area contributed by atoms with Crippen molar-refractivity contribution >= 4 is 23.6 Å². The van der Waals surface area contributed by atoms with Gasteiger partial charge in [0.1, 0.15) is 0 Å². The quantitative estimate of drug-likeness (QED) is 0.277. The zero-order chi connectivity index (χ0) is 25.2. The first-order valence-corrected chi connectivity index (χ1v) is 12.0. The Hall–Kier alpha value is -3.80. The Morgan fingerprint density at radius 1 is 1.11 bits per heavy atom. The Balaban J connectivity index is 1.79. The third-order valence-electron chi connectivity index (χ3n) is 5.53. The Kier molecular flexibility index (Phi) is 9.30. The van der Waals surface area contributed by atoms with E-state index < -0.39 is 5.91 Å². The van der Waals surface area contributed by atoms with E-state index in [1.54, 1.807) is 6.21 Å². The predicted molar refractivity (Wildman–Crippen MR) is 135 cm³/mol. The third-order valence-corrected chi connectivity index (χ3v) is 5.53. The van der Waals surface area contributed by atoms with Crippen molar-refractivity contribution in [3.05, 3.63) is 41.2 Å². The van der Waals surface area contributed by atoms with Crippen LogP contribution in [-0.4, -0.2) is 68.5 Å². The topological polar surface area (TPSA) is 144 Å². The number of nitrogen functional groups attached to an aromatic ring is 1. The number of carbonyl (C=O) groups excluding carboxylic acids is 1. The lowest BCUT2D eigenvalue weighted by molar-refractivity contribution is 0.0947. The summed E-state index contributed by atoms with van der Waals surface area (Å²) < 4.78 is 6.12. The summed E-state index contributed by atoms with van der Waals surface area (Å²) in [6.07, 6.45) is 3.52. The van der Waals surface area contributed by atoms with Crippen LogP contribution in [0.3, 0.4) is 0 Å². The molecule has 35 heavy (non-hydrogen) atoms. The van der Waals surface area contributed by atoms with Crippen molar-refractivity contribution in [1.29, 1.82) is 0 Å². The Bertz CT molecular complexity index is 1100. The number of nitrogens with one attached hydrogen (secondary N) is 1. The molecular formula is C23H34N10O2. The SMILES string of the molecule is CCCN(CCC)Cc1c(C(=O)N/N=C\c2ccc(N(CC)CC)cc2)nnn1-c1nonc1N. The number of rotatable bonds is 13. The van der Waals surface area contributed by atoms with Crippen LogP contribution < -0.4 is 16.1 Å². The van der Waals surface area contributed by atoms with Crippen LogP contribution in [0.4, 0.5) is 11.5 Å². The number of aromatic nitrogens is 5. The van der Waals surface area contributed by atoms with Gasteiger partial charge in [-0.15, -0.1) is 5.10 Å². The molecule has 3 rings (SSSR count). The van der Waals surface area contributed by atoms with Crippen LogP contribution in [-0.2, 0) is 6.54 Å². The van der Waals surface area contributed by atoms with E-state index >= 15 is 0 Å². The maximum atomic E-state index is 13.0. The van der Waals surface area contributed by atoms with Crippen molar-refractivity contribution in [2.45, 2.75) is 47.1 Å². The summed E-state index contributed by atoms with van der Waals surface area (Å²) in [7, 11) is 0. The highest BCUT2D eigenvalue weighted by molar-refractivity contribution is 5.94. The van der Waals surface area contributed by atoms with Gasteiger partial charge < -0.3 is 10.6 Å². The molecule has 1 aromatic carbocycles. The van der Waals surface area contributed by atoms with Crippen LogP contribution in [0.1, 0.15) is 62.3 Å². The smallest absolute Gasteiger partial charge is 0.293 e. The highest BCUT2D eigenvalue weighted by Crippen LogP contribution is 2.18. The summed E-state index contributed by atoms with van der Waals surface area (Å²) in [5.74, 6) is -0.228. The van der Waals surface area contributed by atoms with E-state index in [4.69, 9.17) is 10.4 Å². The number of hydrogen-bond acceptors (Lipinski definition) is 10. The average molecular weight is 483 g/mol. The van der Waals surface area contributed by atoms with E-state index in [1.165, 1.54) is 4.68 Å². The molecule has 2 aromatic heterocycles. The monoisotopic (exact) mass is 482 g/mol. The second kappa shape index (κ2) is 12.6. The van der Waals surface area contributed by atoms with E-state index in [0.717, 1.165) is 50.3 Å². The third kappa shape index (κ3) is 6.41. The zero-order valence-electron chi connectivity index (χ0n) is 20.8. The van der Waals surface area contributed by atoms with Crippen molar-refractivity contribution in [2.75, 3.05) is 36.8 Å². The molecule has 0 atom stereocenters. The highest BCUT2D eigenvalue weighted by Gasteiger charge is 2.25. The van der Waals surface area contributed by atoms with Gasteiger partial charge in [-0.05, 0) is 67.8 Å². The lowest BCUT2D eigenvalue weighted by atomic mass is 10.2. The predicted octanol–water partition coefficient (Wildman–Crippen LogP) is 2.46. The molecule has 12 heteroatoms. The number of amides is 1. The van der Waals surface area contributed by atoms with Crippen LogP contribution in [0.25, 0.3) is 5.82 Å². The second-order valence-electron chi connectivity index (χ2n) is 8.01. The van der Waals surface area contributed by atoms with Crippen molar-refractivity contribution < 1.29 is 9.42 Å². The summed E-state index contributed by atoms with van der Waals surface area (Å²) >= 11 is 0. The Morgan fingerprint density at radius 2 is 1.80 bits per heavy atom. The molecule has 0 saturated heterocycles. The second-order valence-corrected chi connectivity index (χ2v) is 8.01. The first kappa shape index (κ1) is 25.8. The largest absolute Gasteiger partial charge is 0.378 e. The fourth-order valence-corrected chi connectivity index (χ4v) is 3.82. The molecule has 0 unspecified atom stereocenters. The fourth-order valence-electron chi connectivity index (χ4n) is 3.82. The first-order chi connectivity index (χ1) is 17.0. The van der Waals surface area contributed by atoms with Crippen LogP contribution >= 0.6 is 0 Å². The van der Waals surface area contributed by atoms with Gasteiger partial charge in [0.05, 0.1) is 11.9 Å². The zero-order valence-corrected chi connectivity index (χ0v) is 20.8. The van der Waals surface area contributed by atoms with Gasteiger partial charge in [0.15, 0.2) is 5.69 Å². The molecule has 188 valence electrons. The molecule has 2 heterocycles. The Labute approximate surface area is 205 Å². The van der Waals surface area contributed by atoms with Gasteiger partial charge in [-0.1, -0.05) is 31.2 Å². The van der Waals surface area contributed by atoms with Gasteiger partial charge in [0.25, 0.3) is 5.91 Å². The van der Waals surface area contributed by atoms with E-state index in [2.05, 4.69) is 68.6 Å². The minimum absolute atomic E-state index is 0.0619. The molecule has 0 aliphatic rings. The molecule has 0 saturated carbocycles. The molecule has 0 bridgehead atoms. The molecule has 0 aliphatic heterocycles. The number of hydrazone groups is 1.